The van der Waals surface area contributed by atoms with Crippen molar-refractivity contribution in [2.75, 3.05) is 18.2 Å². The third-order valence-corrected chi connectivity index (χ3v) is 2.82. The first kappa shape index (κ1) is 13.8. The average molecular weight is 272 g/mol. The Bertz CT molecular complexity index is 656. The Morgan fingerprint density at radius 3 is 2.70 bits per heavy atom. The van der Waals surface area contributed by atoms with Crippen molar-refractivity contribution in [1.29, 1.82) is 0 Å². The van der Waals surface area contributed by atoms with Gasteiger partial charge in [0.15, 0.2) is 0 Å². The minimum Gasteiger partial charge on any atom is -0.495 e. The Hall–Kier alpha value is -2.63. The highest BCUT2D eigenvalue weighted by Crippen LogP contribution is 2.27. The Balaban J connectivity index is 2.32. The number of nitrogens with one attached hydrogen (secondary N) is 1. The SMILES string of the molecule is COc1ccc(N)cc1NC(=O)c1cc(C)nnc1C. The van der Waals surface area contributed by atoms with Crippen molar-refractivity contribution < 1.29 is 9.53 Å². The summed E-state index contributed by atoms with van der Waals surface area (Å²) in [7, 11) is 1.53. The molecule has 0 aliphatic rings. The molecule has 1 aromatic heterocycles. The van der Waals surface area contributed by atoms with E-state index >= 15 is 0 Å². The number of hydrogen-bond acceptors (Lipinski definition) is 5. The van der Waals surface area contributed by atoms with E-state index in [9.17, 15) is 4.79 Å². The highest BCUT2D eigenvalue weighted by atomic mass is 16.5. The van der Waals surface area contributed by atoms with Crippen LogP contribution in [0.3, 0.4) is 0 Å². The van der Waals surface area contributed by atoms with E-state index in [1.54, 1.807) is 38.1 Å². The standard InChI is InChI=1S/C14H16N4O2/c1-8-6-11(9(2)18-17-8)14(19)16-12-7-10(15)4-5-13(12)20-3/h4-7H,15H2,1-3H3,(H,16,19). The molecule has 104 valence electrons. The molecule has 2 rings (SSSR count). The zero-order valence-corrected chi connectivity index (χ0v) is 11.6. The normalized spacial score (nSPS) is 10.2. The molecule has 0 atom stereocenters. The van der Waals surface area contributed by atoms with Crippen LogP contribution in [0.2, 0.25) is 0 Å². The number of ether oxygens (including phenoxy) is 1. The predicted molar refractivity (Wildman–Crippen MR) is 76.9 cm³/mol. The van der Waals surface area contributed by atoms with Crippen LogP contribution < -0.4 is 15.8 Å². The number of aromatic nitrogens is 2. The van der Waals surface area contributed by atoms with Gasteiger partial charge in [-0.1, -0.05) is 0 Å². The number of nitrogens with two attached hydrogens (primary N) is 1. The average Bonchev–Trinajstić information content (AvgIpc) is 2.41. The van der Waals surface area contributed by atoms with Gasteiger partial charge in [-0.15, -0.1) is 0 Å². The number of anilines is 2. The summed E-state index contributed by atoms with van der Waals surface area (Å²) >= 11 is 0. The quantitative estimate of drug-likeness (QED) is 0.833. The van der Waals surface area contributed by atoms with Gasteiger partial charge in [-0.05, 0) is 38.1 Å². The molecule has 0 unspecified atom stereocenters. The van der Waals surface area contributed by atoms with Gasteiger partial charge in [0.25, 0.3) is 5.91 Å². The molecule has 6 heteroatoms. The molecular weight excluding hydrogens is 256 g/mol. The Labute approximate surface area is 117 Å². The van der Waals surface area contributed by atoms with E-state index in [2.05, 4.69) is 15.5 Å². The van der Waals surface area contributed by atoms with Gasteiger partial charge in [-0.2, -0.15) is 10.2 Å². The molecule has 3 N–H and O–H groups in total. The van der Waals surface area contributed by atoms with Crippen LogP contribution in [0.5, 0.6) is 5.75 Å². The number of benzene rings is 1. The van der Waals surface area contributed by atoms with Gasteiger partial charge in [0.2, 0.25) is 0 Å². The van der Waals surface area contributed by atoms with Crippen LogP contribution in [-0.2, 0) is 0 Å². The highest BCUT2D eigenvalue weighted by molar-refractivity contribution is 6.06. The van der Waals surface area contributed by atoms with Crippen LogP contribution >= 0.6 is 0 Å². The number of carbonyl (C=O) groups is 1. The minimum atomic E-state index is -0.274. The molecule has 0 saturated heterocycles. The second-order valence-electron chi connectivity index (χ2n) is 4.40. The molecule has 0 aliphatic carbocycles. The second kappa shape index (κ2) is 5.56. The topological polar surface area (TPSA) is 90.1 Å². The lowest BCUT2D eigenvalue weighted by Gasteiger charge is -2.11. The lowest BCUT2D eigenvalue weighted by atomic mass is 10.1. The van der Waals surface area contributed by atoms with Crippen LogP contribution in [0, 0.1) is 13.8 Å². The van der Waals surface area contributed by atoms with E-state index in [0.29, 0.717) is 34.1 Å². The fourth-order valence-electron chi connectivity index (χ4n) is 1.79. The Morgan fingerprint density at radius 1 is 1.25 bits per heavy atom. The molecule has 0 spiro atoms. The van der Waals surface area contributed by atoms with Gasteiger partial charge in [0, 0.05) is 5.69 Å². The van der Waals surface area contributed by atoms with Crippen LogP contribution in [0.1, 0.15) is 21.7 Å². The molecule has 1 amide bonds. The largest absolute Gasteiger partial charge is 0.495 e. The van der Waals surface area contributed by atoms with Gasteiger partial charge in [-0.25, -0.2) is 0 Å². The molecule has 6 nitrogen and oxygen atoms in total. The number of methoxy groups -OCH3 is 1. The summed E-state index contributed by atoms with van der Waals surface area (Å²) in [5, 5.41) is 10.6. The zero-order chi connectivity index (χ0) is 14.7. The van der Waals surface area contributed by atoms with Crippen molar-refractivity contribution in [3.05, 3.63) is 41.2 Å². The first-order valence-electron chi connectivity index (χ1n) is 6.07. The first-order chi connectivity index (χ1) is 9.51. The van der Waals surface area contributed by atoms with E-state index in [1.807, 2.05) is 0 Å². The van der Waals surface area contributed by atoms with Crippen LogP contribution in [0.4, 0.5) is 11.4 Å². The highest BCUT2D eigenvalue weighted by Gasteiger charge is 2.13. The monoisotopic (exact) mass is 272 g/mol. The van der Waals surface area contributed by atoms with Gasteiger partial charge >= 0.3 is 0 Å². The molecule has 20 heavy (non-hydrogen) atoms. The van der Waals surface area contributed by atoms with E-state index in [4.69, 9.17) is 10.5 Å². The van der Waals surface area contributed by atoms with Crippen LogP contribution in [0.25, 0.3) is 0 Å². The second-order valence-corrected chi connectivity index (χ2v) is 4.40. The molecule has 0 saturated carbocycles. The number of hydrogen-bond donors (Lipinski definition) is 2. The summed E-state index contributed by atoms with van der Waals surface area (Å²) in [6.45, 7) is 3.52. The number of nitrogen functional groups attached to an aromatic ring is 1. The molecule has 1 aromatic carbocycles. The lowest BCUT2D eigenvalue weighted by molar-refractivity contribution is 0.102. The van der Waals surface area contributed by atoms with Crippen LogP contribution in [0.15, 0.2) is 24.3 Å². The summed E-state index contributed by atoms with van der Waals surface area (Å²) < 4.78 is 5.19. The van der Waals surface area contributed by atoms with Gasteiger partial charge in [0.05, 0.1) is 29.7 Å². The summed E-state index contributed by atoms with van der Waals surface area (Å²) in [5.74, 6) is 0.272. The number of nitrogens with zero attached hydrogens (tertiary/aromatic N) is 2. The van der Waals surface area contributed by atoms with Crippen molar-refractivity contribution in [3.63, 3.8) is 0 Å². The lowest BCUT2D eigenvalue weighted by Crippen LogP contribution is -2.15. The van der Waals surface area contributed by atoms with E-state index in [0.717, 1.165) is 0 Å². The van der Waals surface area contributed by atoms with Gasteiger partial charge in [-0.3, -0.25) is 4.79 Å². The predicted octanol–water partition coefficient (Wildman–Crippen LogP) is 1.94. The third kappa shape index (κ3) is 2.85. The maximum Gasteiger partial charge on any atom is 0.257 e. The number of carbonyl (C=O) groups excluding carboxylic acids is 1. The van der Waals surface area contributed by atoms with E-state index < -0.39 is 0 Å². The smallest absolute Gasteiger partial charge is 0.257 e. The molecular formula is C14H16N4O2. The molecule has 0 radical (unpaired) electrons. The fraction of sp³-hybridized carbons (Fsp3) is 0.214. The maximum absolute atomic E-state index is 12.3. The third-order valence-electron chi connectivity index (χ3n) is 2.82. The summed E-state index contributed by atoms with van der Waals surface area (Å²) in [6, 6.07) is 6.75. The molecule has 0 fully saturated rings. The molecule has 2 aromatic rings. The molecule has 1 heterocycles. The number of rotatable bonds is 3. The van der Waals surface area contributed by atoms with Crippen molar-refractivity contribution in [2.24, 2.45) is 0 Å². The van der Waals surface area contributed by atoms with Crippen molar-refractivity contribution in [1.82, 2.24) is 10.2 Å². The van der Waals surface area contributed by atoms with Gasteiger partial charge < -0.3 is 15.8 Å². The summed E-state index contributed by atoms with van der Waals surface area (Å²) in [4.78, 5) is 12.3. The first-order valence-corrected chi connectivity index (χ1v) is 6.07. The van der Waals surface area contributed by atoms with Crippen molar-refractivity contribution in [3.8, 4) is 5.75 Å². The van der Waals surface area contributed by atoms with Crippen molar-refractivity contribution in [2.45, 2.75) is 13.8 Å². The minimum absolute atomic E-state index is 0.274. The number of aryl methyl sites for hydroxylation is 2. The Morgan fingerprint density at radius 2 is 2.00 bits per heavy atom. The van der Waals surface area contributed by atoms with Gasteiger partial charge in [0.1, 0.15) is 5.75 Å². The Kier molecular flexibility index (Phi) is 3.84. The zero-order valence-electron chi connectivity index (χ0n) is 11.6. The molecule has 0 aliphatic heterocycles. The van der Waals surface area contributed by atoms with E-state index in [1.165, 1.54) is 7.11 Å². The fourth-order valence-corrected chi connectivity index (χ4v) is 1.79. The summed E-state index contributed by atoms with van der Waals surface area (Å²) in [5.41, 5.74) is 8.51. The number of amides is 1. The van der Waals surface area contributed by atoms with E-state index in [-0.39, 0.29) is 5.91 Å². The van der Waals surface area contributed by atoms with Crippen molar-refractivity contribution >= 4 is 17.3 Å². The maximum atomic E-state index is 12.3. The van der Waals surface area contributed by atoms with Crippen LogP contribution in [-0.4, -0.2) is 23.2 Å². The molecule has 0 bridgehead atoms. The summed E-state index contributed by atoms with van der Waals surface area (Å²) in [6.07, 6.45) is 0.